The zero-order valence-corrected chi connectivity index (χ0v) is 16.3. The molecule has 2 heterocycles. The van der Waals surface area contributed by atoms with Crippen LogP contribution in [0.25, 0.3) is 11.3 Å². The number of nitrogens with one attached hydrogen (secondary N) is 1. The van der Waals surface area contributed by atoms with E-state index >= 15 is 0 Å². The molecule has 0 aliphatic heterocycles. The lowest BCUT2D eigenvalue weighted by atomic mass is 10.2. The molecule has 0 atom stereocenters. The van der Waals surface area contributed by atoms with Crippen LogP contribution in [0.3, 0.4) is 0 Å². The van der Waals surface area contributed by atoms with Crippen molar-refractivity contribution in [3.05, 3.63) is 55.6 Å². The number of halogens is 1. The number of nitrogens with zero attached hydrogens (tertiary/aromatic N) is 4. The van der Waals surface area contributed by atoms with Crippen LogP contribution in [0.5, 0.6) is 0 Å². The molecule has 0 saturated carbocycles. The minimum atomic E-state index is -0.489. The van der Waals surface area contributed by atoms with Gasteiger partial charge in [0.1, 0.15) is 17.9 Å². The van der Waals surface area contributed by atoms with Gasteiger partial charge in [-0.05, 0) is 26.0 Å². The summed E-state index contributed by atoms with van der Waals surface area (Å²) in [6, 6.07) is 7.70. The SMILES string of the molecule is Cc1nn(CC(=O)Nc2nc(-c3ccc(Br)cc3)cs2)c(C)c1[N+](=O)[O-]. The third-order valence-electron chi connectivity index (χ3n) is 3.71. The first-order valence-electron chi connectivity index (χ1n) is 7.55. The molecule has 0 aliphatic rings. The van der Waals surface area contributed by atoms with Crippen LogP contribution in [-0.2, 0) is 11.3 Å². The maximum Gasteiger partial charge on any atom is 0.312 e. The van der Waals surface area contributed by atoms with Crippen molar-refractivity contribution in [3.8, 4) is 11.3 Å². The first-order valence-corrected chi connectivity index (χ1v) is 9.22. The van der Waals surface area contributed by atoms with Gasteiger partial charge >= 0.3 is 5.69 Å². The zero-order valence-electron chi connectivity index (χ0n) is 13.9. The summed E-state index contributed by atoms with van der Waals surface area (Å²) in [5.74, 6) is -0.345. The van der Waals surface area contributed by atoms with Crippen LogP contribution in [0.2, 0.25) is 0 Å². The number of hydrogen-bond donors (Lipinski definition) is 1. The average Bonchev–Trinajstić information content (AvgIpc) is 3.13. The van der Waals surface area contributed by atoms with E-state index in [4.69, 9.17) is 0 Å². The Hall–Kier alpha value is -2.59. The van der Waals surface area contributed by atoms with Crippen molar-refractivity contribution in [1.29, 1.82) is 0 Å². The van der Waals surface area contributed by atoms with Gasteiger partial charge in [0.25, 0.3) is 0 Å². The first-order chi connectivity index (χ1) is 12.3. The van der Waals surface area contributed by atoms with E-state index in [0.29, 0.717) is 10.8 Å². The molecule has 0 bridgehead atoms. The van der Waals surface area contributed by atoms with Gasteiger partial charge in [0.05, 0.1) is 10.6 Å². The summed E-state index contributed by atoms with van der Waals surface area (Å²) in [6.07, 6.45) is 0. The van der Waals surface area contributed by atoms with Crippen molar-refractivity contribution in [2.75, 3.05) is 5.32 Å². The van der Waals surface area contributed by atoms with E-state index in [0.717, 1.165) is 15.7 Å². The van der Waals surface area contributed by atoms with E-state index in [2.05, 4.69) is 31.3 Å². The van der Waals surface area contributed by atoms with Crippen LogP contribution in [0, 0.1) is 24.0 Å². The molecule has 134 valence electrons. The molecule has 1 aromatic carbocycles. The van der Waals surface area contributed by atoms with Gasteiger partial charge in [-0.1, -0.05) is 28.1 Å². The number of nitro groups is 1. The number of anilines is 1. The van der Waals surface area contributed by atoms with Gasteiger partial charge < -0.3 is 5.32 Å². The second-order valence-electron chi connectivity index (χ2n) is 5.53. The Bertz CT molecular complexity index is 980. The van der Waals surface area contributed by atoms with Crippen LogP contribution >= 0.6 is 27.3 Å². The van der Waals surface area contributed by atoms with Gasteiger partial charge in [0, 0.05) is 15.4 Å². The molecule has 3 rings (SSSR count). The van der Waals surface area contributed by atoms with Crippen LogP contribution < -0.4 is 5.32 Å². The third-order valence-corrected chi connectivity index (χ3v) is 5.00. The Kier molecular flexibility index (Phi) is 5.14. The van der Waals surface area contributed by atoms with Crippen LogP contribution in [-0.4, -0.2) is 25.6 Å². The summed E-state index contributed by atoms with van der Waals surface area (Å²) < 4.78 is 2.30. The van der Waals surface area contributed by atoms with E-state index in [1.165, 1.54) is 16.0 Å². The minimum Gasteiger partial charge on any atom is -0.300 e. The molecule has 0 unspecified atom stereocenters. The third kappa shape index (κ3) is 3.81. The number of carbonyl (C=O) groups excluding carboxylic acids is 1. The van der Waals surface area contributed by atoms with Crippen molar-refractivity contribution in [2.24, 2.45) is 0 Å². The maximum atomic E-state index is 12.2. The number of aryl methyl sites for hydroxylation is 1. The van der Waals surface area contributed by atoms with E-state index < -0.39 is 4.92 Å². The number of rotatable bonds is 5. The van der Waals surface area contributed by atoms with Gasteiger partial charge in [0.15, 0.2) is 5.13 Å². The van der Waals surface area contributed by atoms with Crippen molar-refractivity contribution in [3.63, 3.8) is 0 Å². The van der Waals surface area contributed by atoms with Gasteiger partial charge in [0.2, 0.25) is 5.91 Å². The fraction of sp³-hybridized carbons (Fsp3) is 0.188. The van der Waals surface area contributed by atoms with Gasteiger partial charge in [-0.3, -0.25) is 19.6 Å². The Morgan fingerprint density at radius 1 is 1.35 bits per heavy atom. The second kappa shape index (κ2) is 7.34. The molecule has 2 aromatic heterocycles. The van der Waals surface area contributed by atoms with Crippen molar-refractivity contribution >= 4 is 44.0 Å². The minimum absolute atomic E-state index is 0.0652. The van der Waals surface area contributed by atoms with Crippen LogP contribution in [0.4, 0.5) is 10.8 Å². The Morgan fingerprint density at radius 2 is 2.04 bits per heavy atom. The summed E-state index contributed by atoms with van der Waals surface area (Å²) in [6.45, 7) is 3.00. The van der Waals surface area contributed by atoms with E-state index in [1.807, 2.05) is 29.6 Å². The predicted molar refractivity (Wildman–Crippen MR) is 102 cm³/mol. The van der Waals surface area contributed by atoms with E-state index in [-0.39, 0.29) is 23.8 Å². The molecule has 0 saturated heterocycles. The smallest absolute Gasteiger partial charge is 0.300 e. The molecule has 8 nitrogen and oxygen atoms in total. The van der Waals surface area contributed by atoms with Crippen molar-refractivity contribution < 1.29 is 9.72 Å². The molecule has 0 fully saturated rings. The molecule has 1 N–H and O–H groups in total. The number of thiazole rings is 1. The van der Waals surface area contributed by atoms with Gasteiger partial charge in [-0.25, -0.2) is 4.98 Å². The van der Waals surface area contributed by atoms with Gasteiger partial charge in [-0.2, -0.15) is 5.10 Å². The average molecular weight is 436 g/mol. The van der Waals surface area contributed by atoms with Crippen LogP contribution in [0.1, 0.15) is 11.4 Å². The molecular weight excluding hydrogens is 422 g/mol. The number of aromatic nitrogens is 3. The van der Waals surface area contributed by atoms with Gasteiger partial charge in [-0.15, -0.1) is 11.3 Å². The summed E-state index contributed by atoms with van der Waals surface area (Å²) in [5.41, 5.74) is 2.27. The molecule has 26 heavy (non-hydrogen) atoms. The molecule has 3 aromatic rings. The number of amides is 1. The maximum absolute atomic E-state index is 12.2. The van der Waals surface area contributed by atoms with Crippen molar-refractivity contribution in [1.82, 2.24) is 14.8 Å². The fourth-order valence-electron chi connectivity index (χ4n) is 2.48. The normalized spacial score (nSPS) is 10.7. The molecule has 0 spiro atoms. The summed E-state index contributed by atoms with van der Waals surface area (Å²) in [5, 5.41) is 20.1. The number of carbonyl (C=O) groups is 1. The van der Waals surface area contributed by atoms with E-state index in [9.17, 15) is 14.9 Å². The fourth-order valence-corrected chi connectivity index (χ4v) is 3.49. The lowest BCUT2D eigenvalue weighted by molar-refractivity contribution is -0.386. The molecule has 10 heteroatoms. The summed E-state index contributed by atoms with van der Waals surface area (Å²) in [4.78, 5) is 27.2. The quantitative estimate of drug-likeness (QED) is 0.482. The Labute approximate surface area is 161 Å². The molecule has 1 amide bonds. The summed E-state index contributed by atoms with van der Waals surface area (Å²) in [7, 11) is 0. The van der Waals surface area contributed by atoms with Crippen molar-refractivity contribution in [2.45, 2.75) is 20.4 Å². The molecule has 0 radical (unpaired) electrons. The largest absolute Gasteiger partial charge is 0.312 e. The molecular formula is C16H14BrN5O3S. The summed E-state index contributed by atoms with van der Waals surface area (Å²) >= 11 is 4.70. The highest BCUT2D eigenvalue weighted by Gasteiger charge is 2.22. The topological polar surface area (TPSA) is 103 Å². The highest BCUT2D eigenvalue weighted by Crippen LogP contribution is 2.26. The number of hydrogen-bond acceptors (Lipinski definition) is 6. The first kappa shape index (κ1) is 18.2. The number of benzene rings is 1. The standard InChI is InChI=1S/C16H14BrN5O3S/c1-9-15(22(24)25)10(2)21(20-9)7-14(23)19-16-18-13(8-26-16)11-3-5-12(17)6-4-11/h3-6,8H,7H2,1-2H3,(H,18,19,23). The predicted octanol–water partition coefficient (Wildman–Crippen LogP) is 3.93. The second-order valence-corrected chi connectivity index (χ2v) is 7.30. The highest BCUT2D eigenvalue weighted by atomic mass is 79.9. The Balaban J connectivity index is 1.70. The van der Waals surface area contributed by atoms with Crippen LogP contribution in [0.15, 0.2) is 34.1 Å². The lowest BCUT2D eigenvalue weighted by Gasteiger charge is -2.03. The monoisotopic (exact) mass is 435 g/mol. The van der Waals surface area contributed by atoms with E-state index in [1.54, 1.807) is 13.8 Å². The Morgan fingerprint density at radius 3 is 2.65 bits per heavy atom. The zero-order chi connectivity index (χ0) is 18.8. The lowest BCUT2D eigenvalue weighted by Crippen LogP contribution is -2.20. The molecule has 0 aliphatic carbocycles. The highest BCUT2D eigenvalue weighted by molar-refractivity contribution is 9.10.